The van der Waals surface area contributed by atoms with Crippen LogP contribution in [0, 0.1) is 0 Å². The smallest absolute Gasteiger partial charge is 0.326 e. The minimum absolute atomic E-state index is 0.119. The number of ether oxygens (including phenoxy) is 1. The monoisotopic (exact) mass is 623 g/mol. The van der Waals surface area contributed by atoms with Crippen molar-refractivity contribution in [1.82, 2.24) is 20.1 Å². The van der Waals surface area contributed by atoms with E-state index in [1.807, 2.05) is 38.3 Å². The first-order valence-corrected chi connectivity index (χ1v) is 14.8. The van der Waals surface area contributed by atoms with Crippen molar-refractivity contribution in [3.63, 3.8) is 0 Å². The van der Waals surface area contributed by atoms with Crippen molar-refractivity contribution in [3.05, 3.63) is 80.8 Å². The summed E-state index contributed by atoms with van der Waals surface area (Å²) in [7, 11) is 0. The summed E-state index contributed by atoms with van der Waals surface area (Å²) in [4.78, 5) is 63.2. The standard InChI is InChI=1S/C30H30ClN5O6S/c1-30(2,3)42-22-14-18(21(37)15-24(39)40)6-9-20(22)27-34-25(28-33-11-13-43-28)26(17-4-7-19(31)8-5-17)36(27)29(41)35-12-10-32-23(38)16-35/h4-9,11,13-14,25-26H,10,12,15-16H2,1-3H3,(H,32,38)(H,39,40)/t25-,26-/m1/s1. The zero-order chi connectivity index (χ0) is 30.9. The molecule has 11 nitrogen and oxygen atoms in total. The van der Waals surface area contributed by atoms with Gasteiger partial charge in [0.1, 0.15) is 41.2 Å². The van der Waals surface area contributed by atoms with E-state index in [0.29, 0.717) is 28.7 Å². The van der Waals surface area contributed by atoms with Crippen LogP contribution in [0.5, 0.6) is 5.75 Å². The van der Waals surface area contributed by atoms with Gasteiger partial charge in [-0.3, -0.25) is 24.3 Å². The van der Waals surface area contributed by atoms with E-state index in [-0.39, 0.29) is 29.6 Å². The summed E-state index contributed by atoms with van der Waals surface area (Å²) in [5.74, 6) is -1.57. The summed E-state index contributed by atoms with van der Waals surface area (Å²) in [6.45, 7) is 6.00. The molecule has 0 bridgehead atoms. The Morgan fingerprint density at radius 1 is 1.16 bits per heavy atom. The highest BCUT2D eigenvalue weighted by Gasteiger charge is 2.46. The molecule has 0 saturated carbocycles. The van der Waals surface area contributed by atoms with E-state index >= 15 is 0 Å². The predicted molar refractivity (Wildman–Crippen MR) is 161 cm³/mol. The zero-order valence-corrected chi connectivity index (χ0v) is 25.3. The van der Waals surface area contributed by atoms with Crippen molar-refractivity contribution >= 4 is 52.5 Å². The maximum absolute atomic E-state index is 14.4. The Kier molecular flexibility index (Phi) is 8.52. The molecule has 43 heavy (non-hydrogen) atoms. The minimum atomic E-state index is -1.24. The number of hydrogen-bond donors (Lipinski definition) is 2. The molecule has 3 heterocycles. The van der Waals surface area contributed by atoms with Gasteiger partial charge in [-0.05, 0) is 50.6 Å². The van der Waals surface area contributed by atoms with Gasteiger partial charge in [0.05, 0.1) is 11.6 Å². The molecule has 3 aromatic rings. The number of rotatable bonds is 7. The number of hydrogen-bond acceptors (Lipinski definition) is 8. The van der Waals surface area contributed by atoms with Crippen LogP contribution in [0.3, 0.4) is 0 Å². The predicted octanol–water partition coefficient (Wildman–Crippen LogP) is 4.73. The number of carboxylic acid groups (broad SMARTS) is 1. The second kappa shape index (κ2) is 12.1. The number of nitrogens with one attached hydrogen (secondary N) is 1. The fraction of sp³-hybridized carbons (Fsp3) is 0.333. The molecule has 1 aromatic heterocycles. The number of aromatic nitrogens is 1. The summed E-state index contributed by atoms with van der Waals surface area (Å²) in [6, 6.07) is 10.1. The average Bonchev–Trinajstić information content (AvgIpc) is 3.60. The number of Topliss-reactive ketones (excluding diaryl/α,β-unsaturated/α-hetero) is 1. The van der Waals surface area contributed by atoms with Gasteiger partial charge in [0, 0.05) is 35.3 Å². The van der Waals surface area contributed by atoms with E-state index in [1.165, 1.54) is 28.4 Å². The van der Waals surface area contributed by atoms with Crippen molar-refractivity contribution in [2.24, 2.45) is 4.99 Å². The average molecular weight is 624 g/mol. The Balaban J connectivity index is 1.69. The highest BCUT2D eigenvalue weighted by Crippen LogP contribution is 2.46. The van der Waals surface area contributed by atoms with Gasteiger partial charge in [0.2, 0.25) is 5.91 Å². The summed E-state index contributed by atoms with van der Waals surface area (Å²) >= 11 is 7.62. The fourth-order valence-electron chi connectivity index (χ4n) is 5.00. The summed E-state index contributed by atoms with van der Waals surface area (Å²) < 4.78 is 6.29. The third-order valence-electron chi connectivity index (χ3n) is 6.77. The van der Waals surface area contributed by atoms with Crippen molar-refractivity contribution in [2.75, 3.05) is 19.6 Å². The number of nitrogens with zero attached hydrogens (tertiary/aromatic N) is 4. The Labute approximate surface area is 257 Å². The van der Waals surface area contributed by atoms with Crippen molar-refractivity contribution < 1.29 is 29.0 Å². The first-order chi connectivity index (χ1) is 20.4. The topological polar surface area (TPSA) is 142 Å². The second-order valence-corrected chi connectivity index (χ2v) is 12.5. The lowest BCUT2D eigenvalue weighted by molar-refractivity contribution is -0.136. The molecule has 2 N–H and O–H groups in total. The molecule has 2 aliphatic rings. The van der Waals surface area contributed by atoms with Crippen LogP contribution in [0.1, 0.15) is 65.8 Å². The largest absolute Gasteiger partial charge is 0.487 e. The second-order valence-electron chi connectivity index (χ2n) is 11.1. The van der Waals surface area contributed by atoms with Crippen molar-refractivity contribution in [2.45, 2.75) is 44.9 Å². The number of amides is 3. The van der Waals surface area contributed by atoms with Crippen LogP contribution in [0.25, 0.3) is 0 Å². The first kappa shape index (κ1) is 30.2. The van der Waals surface area contributed by atoms with Crippen LogP contribution in [-0.2, 0) is 9.59 Å². The lowest BCUT2D eigenvalue weighted by Crippen LogP contribution is -2.55. The van der Waals surface area contributed by atoms with Gasteiger partial charge >= 0.3 is 12.0 Å². The summed E-state index contributed by atoms with van der Waals surface area (Å²) in [5.41, 5.74) is 0.617. The van der Waals surface area contributed by atoms with Gasteiger partial charge in [-0.25, -0.2) is 9.78 Å². The fourth-order valence-corrected chi connectivity index (χ4v) is 5.83. The molecule has 1 fully saturated rings. The maximum atomic E-state index is 14.4. The number of carboxylic acids is 1. The highest BCUT2D eigenvalue weighted by atomic mass is 35.5. The lowest BCUT2D eigenvalue weighted by atomic mass is 9.99. The van der Waals surface area contributed by atoms with E-state index in [4.69, 9.17) is 21.3 Å². The highest BCUT2D eigenvalue weighted by molar-refractivity contribution is 7.09. The molecule has 0 spiro atoms. The van der Waals surface area contributed by atoms with E-state index in [0.717, 1.165) is 5.56 Å². The molecule has 1 saturated heterocycles. The molecule has 5 rings (SSSR count). The van der Waals surface area contributed by atoms with Crippen LogP contribution in [0.4, 0.5) is 4.79 Å². The molecule has 3 amide bonds. The molecule has 2 aliphatic heterocycles. The van der Waals surface area contributed by atoms with Gasteiger partial charge in [0.25, 0.3) is 0 Å². The Morgan fingerprint density at radius 3 is 2.53 bits per heavy atom. The van der Waals surface area contributed by atoms with E-state index in [1.54, 1.807) is 29.3 Å². The number of thiazole rings is 1. The molecule has 2 atom stereocenters. The first-order valence-electron chi connectivity index (χ1n) is 13.6. The maximum Gasteiger partial charge on any atom is 0.326 e. The van der Waals surface area contributed by atoms with Crippen molar-refractivity contribution in [1.29, 1.82) is 0 Å². The Hall–Kier alpha value is -4.29. The Bertz CT molecular complexity index is 1590. The van der Waals surface area contributed by atoms with E-state index in [2.05, 4.69) is 10.3 Å². The van der Waals surface area contributed by atoms with Crippen LogP contribution >= 0.6 is 22.9 Å². The lowest BCUT2D eigenvalue weighted by Gasteiger charge is -2.35. The molecule has 2 aromatic carbocycles. The number of amidine groups is 1. The van der Waals surface area contributed by atoms with Crippen LogP contribution in [-0.4, -0.2) is 74.7 Å². The number of ketones is 1. The van der Waals surface area contributed by atoms with Crippen LogP contribution in [0.15, 0.2) is 59.0 Å². The van der Waals surface area contributed by atoms with Crippen LogP contribution in [0.2, 0.25) is 5.02 Å². The van der Waals surface area contributed by atoms with Crippen LogP contribution < -0.4 is 10.1 Å². The third-order valence-corrected chi connectivity index (χ3v) is 7.87. The zero-order valence-electron chi connectivity index (χ0n) is 23.7. The van der Waals surface area contributed by atoms with E-state index in [9.17, 15) is 24.3 Å². The quantitative estimate of drug-likeness (QED) is 0.286. The number of carbonyl (C=O) groups is 4. The SMILES string of the molecule is CC(C)(C)Oc1cc(C(=O)CC(=O)O)ccc1C1=N[C@@H](c2nccs2)[C@@H](c2ccc(Cl)cc2)N1C(=O)N1CCNC(=O)C1. The number of aliphatic imine (C=N–C) groups is 1. The molecule has 13 heteroatoms. The molecular weight excluding hydrogens is 594 g/mol. The van der Waals surface area contributed by atoms with Gasteiger partial charge in [0.15, 0.2) is 5.78 Å². The van der Waals surface area contributed by atoms with Gasteiger partial charge in [-0.15, -0.1) is 11.3 Å². The molecular formula is C30H30ClN5O6S. The molecule has 0 unspecified atom stereocenters. The van der Waals surface area contributed by atoms with Crippen molar-refractivity contribution in [3.8, 4) is 5.75 Å². The summed E-state index contributed by atoms with van der Waals surface area (Å²) in [6.07, 6.45) is 0.992. The number of halogens is 1. The molecule has 0 aliphatic carbocycles. The number of piperazine rings is 1. The van der Waals surface area contributed by atoms with E-state index < -0.39 is 41.9 Å². The van der Waals surface area contributed by atoms with Gasteiger partial charge in [-0.2, -0.15) is 0 Å². The number of urea groups is 1. The normalized spacial score (nSPS) is 18.7. The minimum Gasteiger partial charge on any atom is -0.487 e. The third kappa shape index (κ3) is 6.70. The number of carbonyl (C=O) groups excluding carboxylic acids is 3. The number of benzene rings is 2. The van der Waals surface area contributed by atoms with Gasteiger partial charge in [-0.1, -0.05) is 29.8 Å². The Morgan fingerprint density at radius 2 is 1.91 bits per heavy atom. The molecule has 224 valence electrons. The molecule has 0 radical (unpaired) electrons. The summed E-state index contributed by atoms with van der Waals surface area (Å²) in [5, 5.41) is 15.0. The number of aliphatic carboxylic acids is 1. The van der Waals surface area contributed by atoms with Gasteiger partial charge < -0.3 is 20.1 Å².